The van der Waals surface area contributed by atoms with E-state index in [2.05, 4.69) is 15.2 Å². The van der Waals surface area contributed by atoms with Crippen LogP contribution in [0, 0.1) is 0 Å². The molecule has 22 heavy (non-hydrogen) atoms. The third-order valence-corrected chi connectivity index (χ3v) is 3.49. The Kier molecular flexibility index (Phi) is 3.74. The Morgan fingerprint density at radius 1 is 1.05 bits per heavy atom. The summed E-state index contributed by atoms with van der Waals surface area (Å²) in [5, 5.41) is 7.99. The quantitative estimate of drug-likeness (QED) is 0.796. The minimum absolute atomic E-state index is 0.255. The lowest BCUT2D eigenvalue weighted by molar-refractivity contribution is 0.356. The first-order valence-corrected chi connectivity index (χ1v) is 6.75. The highest BCUT2D eigenvalue weighted by Crippen LogP contribution is 2.32. The molecule has 0 bridgehead atoms. The summed E-state index contributed by atoms with van der Waals surface area (Å²) in [5.74, 6) is 1.08. The van der Waals surface area contributed by atoms with Crippen molar-refractivity contribution >= 4 is 10.8 Å². The molecule has 0 saturated heterocycles. The highest BCUT2D eigenvalue weighted by molar-refractivity contribution is 5.87. The Morgan fingerprint density at radius 2 is 1.68 bits per heavy atom. The molecule has 0 fully saturated rings. The molecule has 2 aromatic heterocycles. The van der Waals surface area contributed by atoms with Crippen LogP contribution in [-0.4, -0.2) is 29.4 Å². The van der Waals surface area contributed by atoms with Gasteiger partial charge in [0.05, 0.1) is 25.3 Å². The van der Waals surface area contributed by atoms with Crippen LogP contribution in [0.15, 0.2) is 41.5 Å². The molecule has 2 heterocycles. The molecular weight excluding hydrogens is 282 g/mol. The van der Waals surface area contributed by atoms with Gasteiger partial charge in [0, 0.05) is 24.2 Å². The summed E-state index contributed by atoms with van der Waals surface area (Å²) < 4.78 is 10.6. The van der Waals surface area contributed by atoms with Gasteiger partial charge in [-0.25, -0.2) is 5.10 Å². The molecule has 0 atom stereocenters. The molecular formula is C16H15N3O3. The lowest BCUT2D eigenvalue weighted by Gasteiger charge is -2.11. The zero-order valence-electron chi connectivity index (χ0n) is 12.3. The standard InChI is InChI=1S/C16H15N3O3/c1-21-14-8-11-12(9-15(14)22-2)16(20)19-18-13(11)7-10-3-5-17-6-4-10/h3-6,8-9H,7H2,1-2H3,(H,19,20). The second kappa shape index (κ2) is 5.85. The Balaban J connectivity index is 2.19. The first-order valence-electron chi connectivity index (χ1n) is 6.75. The van der Waals surface area contributed by atoms with Crippen LogP contribution in [0.1, 0.15) is 11.3 Å². The van der Waals surface area contributed by atoms with Crippen LogP contribution in [0.2, 0.25) is 0 Å². The molecule has 0 saturated carbocycles. The number of rotatable bonds is 4. The van der Waals surface area contributed by atoms with E-state index in [1.54, 1.807) is 31.6 Å². The Bertz CT molecular complexity index is 860. The van der Waals surface area contributed by atoms with E-state index in [0.29, 0.717) is 23.3 Å². The Labute approximate surface area is 126 Å². The molecule has 0 aliphatic heterocycles. The van der Waals surface area contributed by atoms with Crippen molar-refractivity contribution in [3.8, 4) is 11.5 Å². The topological polar surface area (TPSA) is 77.1 Å². The van der Waals surface area contributed by atoms with Gasteiger partial charge in [-0.3, -0.25) is 9.78 Å². The summed E-state index contributed by atoms with van der Waals surface area (Å²) in [4.78, 5) is 16.0. The van der Waals surface area contributed by atoms with E-state index in [1.807, 2.05) is 12.1 Å². The number of aromatic amines is 1. The van der Waals surface area contributed by atoms with Gasteiger partial charge in [0.25, 0.3) is 5.56 Å². The monoisotopic (exact) mass is 297 g/mol. The molecule has 3 aromatic rings. The van der Waals surface area contributed by atoms with Gasteiger partial charge >= 0.3 is 0 Å². The van der Waals surface area contributed by atoms with Crippen LogP contribution < -0.4 is 15.0 Å². The number of pyridine rings is 1. The number of fused-ring (bicyclic) bond motifs is 1. The summed E-state index contributed by atoms with van der Waals surface area (Å²) >= 11 is 0. The van der Waals surface area contributed by atoms with E-state index in [4.69, 9.17) is 9.47 Å². The maximum Gasteiger partial charge on any atom is 0.272 e. The predicted molar refractivity (Wildman–Crippen MR) is 82.5 cm³/mol. The third kappa shape index (κ3) is 2.50. The van der Waals surface area contributed by atoms with Crippen molar-refractivity contribution in [3.05, 3.63) is 58.3 Å². The van der Waals surface area contributed by atoms with Crippen LogP contribution in [0.4, 0.5) is 0 Å². The highest BCUT2D eigenvalue weighted by atomic mass is 16.5. The molecule has 3 rings (SSSR count). The summed E-state index contributed by atoms with van der Waals surface area (Å²) in [6, 6.07) is 7.29. The summed E-state index contributed by atoms with van der Waals surface area (Å²) in [6.07, 6.45) is 4.05. The van der Waals surface area contributed by atoms with Crippen molar-refractivity contribution < 1.29 is 9.47 Å². The number of hydrogen-bond acceptors (Lipinski definition) is 5. The molecule has 112 valence electrons. The van der Waals surface area contributed by atoms with Gasteiger partial charge in [0.1, 0.15) is 0 Å². The smallest absolute Gasteiger partial charge is 0.272 e. The molecule has 0 amide bonds. The van der Waals surface area contributed by atoms with Crippen LogP contribution in [0.3, 0.4) is 0 Å². The Morgan fingerprint density at radius 3 is 2.32 bits per heavy atom. The second-order valence-electron chi connectivity index (χ2n) is 4.78. The van der Waals surface area contributed by atoms with Gasteiger partial charge in [0.15, 0.2) is 11.5 Å². The maximum absolute atomic E-state index is 12.0. The van der Waals surface area contributed by atoms with Gasteiger partial charge in [0.2, 0.25) is 0 Å². The summed E-state index contributed by atoms with van der Waals surface area (Å²) in [6.45, 7) is 0. The maximum atomic E-state index is 12.0. The van der Waals surface area contributed by atoms with Crippen molar-refractivity contribution in [1.82, 2.24) is 15.2 Å². The number of nitrogens with zero attached hydrogens (tertiary/aromatic N) is 2. The third-order valence-electron chi connectivity index (χ3n) is 3.49. The molecule has 6 heteroatoms. The lowest BCUT2D eigenvalue weighted by Crippen LogP contribution is -2.12. The van der Waals surface area contributed by atoms with Gasteiger partial charge in [-0.05, 0) is 29.8 Å². The van der Waals surface area contributed by atoms with Crippen LogP contribution >= 0.6 is 0 Å². The van der Waals surface area contributed by atoms with E-state index < -0.39 is 0 Å². The number of aromatic nitrogens is 3. The molecule has 6 nitrogen and oxygen atoms in total. The minimum atomic E-state index is -0.255. The summed E-state index contributed by atoms with van der Waals surface area (Å²) in [5.41, 5.74) is 1.57. The van der Waals surface area contributed by atoms with Crippen molar-refractivity contribution in [2.24, 2.45) is 0 Å². The Hall–Kier alpha value is -2.89. The van der Waals surface area contributed by atoms with Gasteiger partial charge < -0.3 is 9.47 Å². The minimum Gasteiger partial charge on any atom is -0.493 e. The van der Waals surface area contributed by atoms with E-state index in [1.165, 1.54) is 7.11 Å². The number of methoxy groups -OCH3 is 2. The first kappa shape index (κ1) is 14.1. The van der Waals surface area contributed by atoms with Gasteiger partial charge in [-0.2, -0.15) is 5.10 Å². The molecule has 0 radical (unpaired) electrons. The molecule has 0 unspecified atom stereocenters. The second-order valence-corrected chi connectivity index (χ2v) is 4.78. The predicted octanol–water partition coefficient (Wildman–Crippen LogP) is 1.93. The van der Waals surface area contributed by atoms with E-state index in [0.717, 1.165) is 16.6 Å². The van der Waals surface area contributed by atoms with Crippen LogP contribution in [0.5, 0.6) is 11.5 Å². The number of benzene rings is 1. The average molecular weight is 297 g/mol. The average Bonchev–Trinajstić information content (AvgIpc) is 2.57. The van der Waals surface area contributed by atoms with Crippen molar-refractivity contribution in [1.29, 1.82) is 0 Å². The van der Waals surface area contributed by atoms with E-state index in [-0.39, 0.29) is 5.56 Å². The zero-order valence-corrected chi connectivity index (χ0v) is 12.3. The zero-order chi connectivity index (χ0) is 15.5. The van der Waals surface area contributed by atoms with E-state index in [9.17, 15) is 4.79 Å². The molecule has 0 spiro atoms. The van der Waals surface area contributed by atoms with Crippen LogP contribution in [0.25, 0.3) is 10.8 Å². The van der Waals surface area contributed by atoms with Crippen LogP contribution in [-0.2, 0) is 6.42 Å². The van der Waals surface area contributed by atoms with Crippen molar-refractivity contribution in [3.63, 3.8) is 0 Å². The summed E-state index contributed by atoms with van der Waals surface area (Å²) in [7, 11) is 3.10. The normalized spacial score (nSPS) is 10.6. The molecule has 1 N–H and O–H groups in total. The van der Waals surface area contributed by atoms with Gasteiger partial charge in [-0.1, -0.05) is 0 Å². The largest absolute Gasteiger partial charge is 0.493 e. The fourth-order valence-corrected chi connectivity index (χ4v) is 2.37. The van der Waals surface area contributed by atoms with E-state index >= 15 is 0 Å². The fraction of sp³-hybridized carbons (Fsp3) is 0.188. The number of nitrogens with one attached hydrogen (secondary N) is 1. The fourth-order valence-electron chi connectivity index (χ4n) is 2.37. The van der Waals surface area contributed by atoms with Crippen molar-refractivity contribution in [2.75, 3.05) is 14.2 Å². The molecule has 0 aliphatic carbocycles. The number of hydrogen-bond donors (Lipinski definition) is 1. The highest BCUT2D eigenvalue weighted by Gasteiger charge is 2.13. The number of H-pyrrole nitrogens is 1. The number of ether oxygens (including phenoxy) is 2. The lowest BCUT2D eigenvalue weighted by atomic mass is 10.0. The molecule has 1 aromatic carbocycles. The van der Waals surface area contributed by atoms with Crippen molar-refractivity contribution in [2.45, 2.75) is 6.42 Å². The molecule has 0 aliphatic rings. The SMILES string of the molecule is COc1cc2c(Cc3ccncc3)n[nH]c(=O)c2cc1OC. The van der Waals surface area contributed by atoms with Gasteiger partial charge in [-0.15, -0.1) is 0 Å². The first-order chi connectivity index (χ1) is 10.7.